The first-order valence-electron chi connectivity index (χ1n) is 7.92. The maximum atomic E-state index is 14.0. The summed E-state index contributed by atoms with van der Waals surface area (Å²) < 4.78 is 33.0. The summed E-state index contributed by atoms with van der Waals surface area (Å²) >= 11 is 1.21. The summed E-state index contributed by atoms with van der Waals surface area (Å²) in [5.74, 6) is -1.30. The average molecular weight is 373 g/mol. The summed E-state index contributed by atoms with van der Waals surface area (Å²) in [5, 5.41) is 0.553. The third-order valence-electron chi connectivity index (χ3n) is 3.72. The minimum Gasteiger partial charge on any atom is -0.384 e. The van der Waals surface area contributed by atoms with Crippen LogP contribution in [0.15, 0.2) is 34.3 Å². The van der Waals surface area contributed by atoms with E-state index in [4.69, 9.17) is 4.74 Å². The molecule has 3 aromatic rings. The van der Waals surface area contributed by atoms with Crippen molar-refractivity contribution in [2.24, 2.45) is 9.98 Å². The van der Waals surface area contributed by atoms with Crippen molar-refractivity contribution in [3.05, 3.63) is 41.5 Å². The van der Waals surface area contributed by atoms with Crippen molar-refractivity contribution in [1.29, 1.82) is 0 Å². The van der Waals surface area contributed by atoms with Crippen molar-refractivity contribution in [3.8, 4) is 10.6 Å². The van der Waals surface area contributed by atoms with Crippen LogP contribution in [0, 0.1) is 18.6 Å². The molecule has 0 saturated heterocycles. The highest BCUT2D eigenvalue weighted by Crippen LogP contribution is 2.42. The topological polar surface area (TPSA) is 46.8 Å². The quantitative estimate of drug-likeness (QED) is 0.416. The predicted octanol–water partition coefficient (Wildman–Crippen LogP) is 5.62. The zero-order valence-electron chi connectivity index (χ0n) is 14.4. The number of halogens is 2. The highest BCUT2D eigenvalue weighted by atomic mass is 32.1. The second-order valence-corrected chi connectivity index (χ2v) is 6.72. The van der Waals surface area contributed by atoms with Crippen molar-refractivity contribution < 1.29 is 13.5 Å². The zero-order valence-corrected chi connectivity index (χ0v) is 15.2. The molecule has 0 aliphatic heterocycles. The standard InChI is InChI=1S/C19H17F2N3OS/c1-11-7-13(17(15(8-11)22-2)23-5-4-6-25-3)19-24-18-14(21)9-12(20)10-16(18)26-19/h5,7-10H,2,4,6H2,1,3H3. The summed E-state index contributed by atoms with van der Waals surface area (Å²) in [6, 6.07) is 5.89. The minimum absolute atomic E-state index is 0.148. The number of nitrogens with zero attached hydrogens (tertiary/aromatic N) is 3. The molecule has 0 atom stereocenters. The van der Waals surface area contributed by atoms with Crippen molar-refractivity contribution in [2.45, 2.75) is 13.3 Å². The number of methoxy groups -OCH3 is 1. The molecule has 0 fully saturated rings. The van der Waals surface area contributed by atoms with E-state index in [2.05, 4.69) is 21.7 Å². The Morgan fingerprint density at radius 1 is 1.27 bits per heavy atom. The van der Waals surface area contributed by atoms with Crippen LogP contribution in [0.1, 0.15) is 12.0 Å². The van der Waals surface area contributed by atoms with E-state index in [-0.39, 0.29) is 5.52 Å². The van der Waals surface area contributed by atoms with E-state index in [0.29, 0.717) is 39.7 Å². The Morgan fingerprint density at radius 2 is 2.08 bits per heavy atom. The zero-order chi connectivity index (χ0) is 18.7. The van der Waals surface area contributed by atoms with Gasteiger partial charge in [0.15, 0.2) is 5.82 Å². The van der Waals surface area contributed by atoms with Crippen LogP contribution in [0.5, 0.6) is 0 Å². The third kappa shape index (κ3) is 3.68. The van der Waals surface area contributed by atoms with Gasteiger partial charge in [-0.25, -0.2) is 13.8 Å². The number of benzene rings is 2. The van der Waals surface area contributed by atoms with Gasteiger partial charge in [-0.3, -0.25) is 9.98 Å². The molecule has 3 rings (SSSR count). The molecule has 1 aromatic heterocycles. The second-order valence-electron chi connectivity index (χ2n) is 5.68. The highest BCUT2D eigenvalue weighted by Gasteiger charge is 2.16. The summed E-state index contributed by atoms with van der Waals surface area (Å²) in [4.78, 5) is 12.9. The van der Waals surface area contributed by atoms with Crippen molar-refractivity contribution >= 4 is 45.9 Å². The summed E-state index contributed by atoms with van der Waals surface area (Å²) in [7, 11) is 1.62. The second kappa shape index (κ2) is 7.80. The van der Waals surface area contributed by atoms with Gasteiger partial charge in [0, 0.05) is 31.4 Å². The highest BCUT2D eigenvalue weighted by molar-refractivity contribution is 7.21. The Hall–Kier alpha value is -2.51. The van der Waals surface area contributed by atoms with Crippen molar-refractivity contribution in [2.75, 3.05) is 13.7 Å². The average Bonchev–Trinajstić information content (AvgIpc) is 3.03. The van der Waals surface area contributed by atoms with E-state index in [1.807, 2.05) is 19.1 Å². The molecular weight excluding hydrogens is 356 g/mol. The molecule has 26 heavy (non-hydrogen) atoms. The fraction of sp³-hybridized carbons (Fsp3) is 0.211. The first-order chi connectivity index (χ1) is 12.5. The molecule has 4 nitrogen and oxygen atoms in total. The Balaban J connectivity index is 2.17. The smallest absolute Gasteiger partial charge is 0.153 e. The number of hydrogen-bond acceptors (Lipinski definition) is 5. The lowest BCUT2D eigenvalue weighted by Crippen LogP contribution is -1.89. The molecular formula is C19H17F2N3OS. The van der Waals surface area contributed by atoms with Crippen LogP contribution in [0.2, 0.25) is 0 Å². The molecule has 0 unspecified atom stereocenters. The monoisotopic (exact) mass is 373 g/mol. The molecule has 0 radical (unpaired) electrons. The van der Waals surface area contributed by atoms with Gasteiger partial charge in [0.05, 0.1) is 22.7 Å². The van der Waals surface area contributed by atoms with Gasteiger partial charge < -0.3 is 4.74 Å². The lowest BCUT2D eigenvalue weighted by atomic mass is 10.1. The lowest BCUT2D eigenvalue weighted by Gasteiger charge is -2.08. The van der Waals surface area contributed by atoms with Gasteiger partial charge in [-0.1, -0.05) is 0 Å². The van der Waals surface area contributed by atoms with Crippen LogP contribution in [-0.4, -0.2) is 31.6 Å². The van der Waals surface area contributed by atoms with Gasteiger partial charge in [-0.05, 0) is 37.4 Å². The van der Waals surface area contributed by atoms with Crippen LogP contribution < -0.4 is 0 Å². The number of aliphatic imine (C=N–C) groups is 2. The molecule has 0 bridgehead atoms. The first-order valence-corrected chi connectivity index (χ1v) is 8.74. The number of rotatable bonds is 6. The van der Waals surface area contributed by atoms with Gasteiger partial charge in [-0.2, -0.15) is 0 Å². The number of fused-ring (bicyclic) bond motifs is 1. The van der Waals surface area contributed by atoms with E-state index in [1.54, 1.807) is 13.3 Å². The van der Waals surface area contributed by atoms with Crippen molar-refractivity contribution in [3.63, 3.8) is 0 Å². The number of aryl methyl sites for hydroxylation is 1. The van der Waals surface area contributed by atoms with Crippen LogP contribution in [-0.2, 0) is 4.74 Å². The summed E-state index contributed by atoms with van der Waals surface area (Å²) in [6.45, 7) is 6.07. The first kappa shape index (κ1) is 18.3. The Kier molecular flexibility index (Phi) is 5.49. The van der Waals surface area contributed by atoms with E-state index < -0.39 is 11.6 Å². The normalized spacial score (nSPS) is 11.5. The molecule has 1 heterocycles. The molecule has 0 amide bonds. The van der Waals surface area contributed by atoms with E-state index in [9.17, 15) is 8.78 Å². The van der Waals surface area contributed by atoms with E-state index in [0.717, 1.165) is 11.6 Å². The number of hydrogen-bond donors (Lipinski definition) is 0. The van der Waals surface area contributed by atoms with Gasteiger partial charge in [0.2, 0.25) is 0 Å². The van der Waals surface area contributed by atoms with Crippen LogP contribution in [0.25, 0.3) is 20.8 Å². The van der Waals surface area contributed by atoms with Crippen LogP contribution in [0.4, 0.5) is 20.2 Å². The lowest BCUT2D eigenvalue weighted by molar-refractivity contribution is 0.208. The van der Waals surface area contributed by atoms with Crippen LogP contribution >= 0.6 is 11.3 Å². The van der Waals surface area contributed by atoms with E-state index in [1.165, 1.54) is 17.4 Å². The summed E-state index contributed by atoms with van der Waals surface area (Å²) in [6.07, 6.45) is 2.38. The minimum atomic E-state index is -0.678. The van der Waals surface area contributed by atoms with Gasteiger partial charge >= 0.3 is 0 Å². The Bertz CT molecular complexity index is 998. The maximum absolute atomic E-state index is 14.0. The molecule has 0 saturated carbocycles. The predicted molar refractivity (Wildman–Crippen MR) is 104 cm³/mol. The molecule has 134 valence electrons. The Morgan fingerprint density at radius 3 is 2.81 bits per heavy atom. The third-order valence-corrected chi connectivity index (χ3v) is 4.76. The molecule has 0 N–H and O–H groups in total. The molecule has 2 aromatic carbocycles. The fourth-order valence-electron chi connectivity index (χ4n) is 2.58. The van der Waals surface area contributed by atoms with Gasteiger partial charge in [0.1, 0.15) is 16.3 Å². The SMILES string of the molecule is C=Nc1cc(C)cc(-c2nc3c(F)cc(F)cc3s2)c1N=CCCOC. The van der Waals surface area contributed by atoms with Gasteiger partial charge in [0.25, 0.3) is 0 Å². The van der Waals surface area contributed by atoms with E-state index >= 15 is 0 Å². The summed E-state index contributed by atoms with van der Waals surface area (Å²) in [5.41, 5.74) is 3.02. The van der Waals surface area contributed by atoms with Crippen LogP contribution in [0.3, 0.4) is 0 Å². The maximum Gasteiger partial charge on any atom is 0.153 e. The molecule has 0 aliphatic carbocycles. The van der Waals surface area contributed by atoms with Gasteiger partial charge in [-0.15, -0.1) is 11.3 Å². The molecule has 7 heteroatoms. The van der Waals surface area contributed by atoms with Crippen molar-refractivity contribution in [1.82, 2.24) is 4.98 Å². The number of ether oxygens (including phenoxy) is 1. The molecule has 0 spiro atoms. The Labute approximate surface area is 153 Å². The number of aromatic nitrogens is 1. The largest absolute Gasteiger partial charge is 0.384 e. The fourth-order valence-corrected chi connectivity index (χ4v) is 3.60. The number of thiazole rings is 1. The molecule has 0 aliphatic rings.